The Hall–Kier alpha value is -2.13. The van der Waals surface area contributed by atoms with E-state index in [2.05, 4.69) is 11.1 Å². The standard InChI is InChI=1S/C19H17ClN2O/c20-15-5-3-4-14(12-15)19-22-17-11-13(7-8-18(17)23-19)10-16-6-1-2-9-21-16/h1-6,9,12-13H,7-8,10-11H2. The fraction of sp³-hybridized carbons (Fsp3) is 0.263. The quantitative estimate of drug-likeness (QED) is 0.698. The molecule has 2 heterocycles. The molecule has 116 valence electrons. The highest BCUT2D eigenvalue weighted by Crippen LogP contribution is 2.31. The van der Waals surface area contributed by atoms with E-state index in [0.717, 1.165) is 48.4 Å². The zero-order valence-electron chi connectivity index (χ0n) is 12.7. The summed E-state index contributed by atoms with van der Waals surface area (Å²) in [6.45, 7) is 0. The fourth-order valence-corrected chi connectivity index (χ4v) is 3.37. The number of fused-ring (bicyclic) bond motifs is 1. The average Bonchev–Trinajstić information content (AvgIpc) is 2.99. The molecule has 0 saturated carbocycles. The Kier molecular flexibility index (Phi) is 3.88. The van der Waals surface area contributed by atoms with Gasteiger partial charge in [-0.05, 0) is 55.5 Å². The summed E-state index contributed by atoms with van der Waals surface area (Å²) in [6, 6.07) is 13.7. The summed E-state index contributed by atoms with van der Waals surface area (Å²) in [5, 5.41) is 0.701. The molecular weight excluding hydrogens is 308 g/mol. The van der Waals surface area contributed by atoms with Gasteiger partial charge < -0.3 is 4.42 Å². The molecule has 2 aromatic heterocycles. The van der Waals surface area contributed by atoms with E-state index in [-0.39, 0.29) is 0 Å². The molecule has 1 atom stereocenters. The predicted molar refractivity (Wildman–Crippen MR) is 90.4 cm³/mol. The molecule has 0 aliphatic heterocycles. The summed E-state index contributed by atoms with van der Waals surface area (Å²) in [5.41, 5.74) is 3.18. The lowest BCUT2D eigenvalue weighted by molar-refractivity contribution is 0.403. The Balaban J connectivity index is 1.54. The van der Waals surface area contributed by atoms with Crippen LogP contribution >= 0.6 is 11.6 Å². The second kappa shape index (κ2) is 6.17. The van der Waals surface area contributed by atoms with Crippen LogP contribution in [0.25, 0.3) is 11.5 Å². The van der Waals surface area contributed by atoms with Crippen LogP contribution in [-0.2, 0) is 19.3 Å². The minimum Gasteiger partial charge on any atom is -0.441 e. The van der Waals surface area contributed by atoms with Crippen LogP contribution in [-0.4, -0.2) is 9.97 Å². The number of hydrogen-bond donors (Lipinski definition) is 0. The molecule has 23 heavy (non-hydrogen) atoms. The highest BCUT2D eigenvalue weighted by molar-refractivity contribution is 6.30. The molecule has 0 radical (unpaired) electrons. The van der Waals surface area contributed by atoms with Crippen molar-refractivity contribution < 1.29 is 4.42 Å². The Morgan fingerprint density at radius 3 is 2.96 bits per heavy atom. The van der Waals surface area contributed by atoms with Crippen molar-refractivity contribution in [2.45, 2.75) is 25.7 Å². The lowest BCUT2D eigenvalue weighted by Crippen LogP contribution is -2.16. The monoisotopic (exact) mass is 324 g/mol. The molecule has 1 aliphatic carbocycles. The van der Waals surface area contributed by atoms with Crippen LogP contribution in [0.1, 0.15) is 23.6 Å². The topological polar surface area (TPSA) is 38.9 Å². The second-order valence-electron chi connectivity index (χ2n) is 6.03. The normalized spacial score (nSPS) is 17.0. The van der Waals surface area contributed by atoms with E-state index in [4.69, 9.17) is 21.0 Å². The molecule has 3 nitrogen and oxygen atoms in total. The van der Waals surface area contributed by atoms with Gasteiger partial charge in [-0.2, -0.15) is 0 Å². The Bertz CT molecular complexity index is 813. The summed E-state index contributed by atoms with van der Waals surface area (Å²) >= 11 is 6.06. The van der Waals surface area contributed by atoms with Crippen LogP contribution in [0.2, 0.25) is 5.02 Å². The van der Waals surface area contributed by atoms with Crippen molar-refractivity contribution >= 4 is 11.6 Å². The first-order valence-electron chi connectivity index (χ1n) is 7.92. The Morgan fingerprint density at radius 1 is 1.17 bits per heavy atom. The van der Waals surface area contributed by atoms with Crippen LogP contribution in [0.4, 0.5) is 0 Å². The van der Waals surface area contributed by atoms with Crippen molar-refractivity contribution in [1.82, 2.24) is 9.97 Å². The third-order valence-electron chi connectivity index (χ3n) is 4.34. The predicted octanol–water partition coefficient (Wildman–Crippen LogP) is 4.74. The maximum Gasteiger partial charge on any atom is 0.226 e. The summed E-state index contributed by atoms with van der Waals surface area (Å²) in [4.78, 5) is 9.14. The van der Waals surface area contributed by atoms with E-state index >= 15 is 0 Å². The molecule has 0 spiro atoms. The summed E-state index contributed by atoms with van der Waals surface area (Å²) in [6.07, 6.45) is 5.88. The van der Waals surface area contributed by atoms with E-state index in [0.29, 0.717) is 16.8 Å². The molecule has 0 amide bonds. The maximum absolute atomic E-state index is 6.06. The van der Waals surface area contributed by atoms with Crippen molar-refractivity contribution in [3.05, 3.63) is 70.8 Å². The number of aryl methyl sites for hydroxylation is 1. The van der Waals surface area contributed by atoms with Crippen molar-refractivity contribution in [3.8, 4) is 11.5 Å². The number of rotatable bonds is 3. The van der Waals surface area contributed by atoms with Gasteiger partial charge in [-0.25, -0.2) is 4.98 Å². The van der Waals surface area contributed by atoms with E-state index in [9.17, 15) is 0 Å². The summed E-state index contributed by atoms with van der Waals surface area (Å²) in [5.74, 6) is 2.28. The van der Waals surface area contributed by atoms with Gasteiger partial charge in [-0.15, -0.1) is 0 Å². The van der Waals surface area contributed by atoms with E-state index < -0.39 is 0 Å². The zero-order chi connectivity index (χ0) is 15.6. The summed E-state index contributed by atoms with van der Waals surface area (Å²) < 4.78 is 5.96. The molecule has 0 saturated heterocycles. The third kappa shape index (κ3) is 3.15. The van der Waals surface area contributed by atoms with Crippen LogP contribution in [0, 0.1) is 5.92 Å². The van der Waals surface area contributed by atoms with Gasteiger partial charge in [0.1, 0.15) is 5.76 Å². The third-order valence-corrected chi connectivity index (χ3v) is 4.57. The first-order valence-corrected chi connectivity index (χ1v) is 8.30. The van der Waals surface area contributed by atoms with Gasteiger partial charge in [-0.1, -0.05) is 23.7 Å². The first-order chi connectivity index (χ1) is 11.3. The molecule has 4 heteroatoms. The highest BCUT2D eigenvalue weighted by Gasteiger charge is 2.25. The van der Waals surface area contributed by atoms with E-state index in [1.807, 2.05) is 42.6 Å². The van der Waals surface area contributed by atoms with Crippen LogP contribution in [0.15, 0.2) is 53.1 Å². The molecule has 3 aromatic rings. The van der Waals surface area contributed by atoms with Gasteiger partial charge in [0.05, 0.1) is 5.69 Å². The van der Waals surface area contributed by atoms with Crippen molar-refractivity contribution in [2.75, 3.05) is 0 Å². The van der Waals surface area contributed by atoms with Crippen LogP contribution < -0.4 is 0 Å². The first kappa shape index (κ1) is 14.5. The number of pyridine rings is 1. The minimum atomic E-state index is 0.578. The second-order valence-corrected chi connectivity index (χ2v) is 6.47. The summed E-state index contributed by atoms with van der Waals surface area (Å²) in [7, 11) is 0. The molecular formula is C19H17ClN2O. The smallest absolute Gasteiger partial charge is 0.226 e. The number of halogens is 1. The molecule has 1 aromatic carbocycles. The number of nitrogens with zero attached hydrogens (tertiary/aromatic N) is 2. The van der Waals surface area contributed by atoms with Crippen molar-refractivity contribution in [3.63, 3.8) is 0 Å². The molecule has 0 bridgehead atoms. The largest absolute Gasteiger partial charge is 0.441 e. The molecule has 4 rings (SSSR count). The van der Waals surface area contributed by atoms with Gasteiger partial charge >= 0.3 is 0 Å². The lowest BCUT2D eigenvalue weighted by Gasteiger charge is -2.19. The van der Waals surface area contributed by atoms with Crippen molar-refractivity contribution in [2.24, 2.45) is 5.92 Å². The molecule has 1 unspecified atom stereocenters. The maximum atomic E-state index is 6.06. The Labute approximate surface area is 140 Å². The lowest BCUT2D eigenvalue weighted by atomic mass is 9.87. The number of oxazole rings is 1. The minimum absolute atomic E-state index is 0.578. The van der Waals surface area contributed by atoms with Gasteiger partial charge in [0.15, 0.2) is 0 Å². The highest BCUT2D eigenvalue weighted by atomic mass is 35.5. The van der Waals surface area contributed by atoms with Gasteiger partial charge in [0.2, 0.25) is 5.89 Å². The van der Waals surface area contributed by atoms with Gasteiger partial charge in [0, 0.05) is 28.9 Å². The average molecular weight is 325 g/mol. The molecule has 0 N–H and O–H groups in total. The zero-order valence-corrected chi connectivity index (χ0v) is 13.5. The fourth-order valence-electron chi connectivity index (χ4n) is 3.18. The van der Waals surface area contributed by atoms with Gasteiger partial charge in [0.25, 0.3) is 0 Å². The Morgan fingerprint density at radius 2 is 2.13 bits per heavy atom. The number of aromatic nitrogens is 2. The van der Waals surface area contributed by atoms with E-state index in [1.165, 1.54) is 0 Å². The van der Waals surface area contributed by atoms with Crippen molar-refractivity contribution in [1.29, 1.82) is 0 Å². The van der Waals surface area contributed by atoms with Gasteiger partial charge in [-0.3, -0.25) is 4.98 Å². The number of benzene rings is 1. The molecule has 1 aliphatic rings. The van der Waals surface area contributed by atoms with E-state index in [1.54, 1.807) is 0 Å². The molecule has 0 fully saturated rings. The number of hydrogen-bond acceptors (Lipinski definition) is 3. The van der Waals surface area contributed by atoms with Crippen LogP contribution in [0.3, 0.4) is 0 Å². The SMILES string of the molecule is Clc1cccc(-c2nc3c(o2)CCC(Cc2ccccn2)C3)c1. The van der Waals surface area contributed by atoms with Crippen LogP contribution in [0.5, 0.6) is 0 Å².